The average molecular weight is 549 g/mol. The second kappa shape index (κ2) is 9.02. The van der Waals surface area contributed by atoms with Gasteiger partial charge in [-0.2, -0.15) is 0 Å². The summed E-state index contributed by atoms with van der Waals surface area (Å²) in [6, 6.07) is 28.7. The van der Waals surface area contributed by atoms with Crippen LogP contribution in [0.2, 0.25) is 0 Å². The van der Waals surface area contributed by atoms with Crippen LogP contribution in [-0.4, -0.2) is 11.6 Å². The molecule has 0 saturated heterocycles. The number of carbonyl (C=O) groups is 2. The van der Waals surface area contributed by atoms with E-state index in [1.807, 2.05) is 6.07 Å². The smallest absolute Gasteiger partial charge is 0.197 e. The molecule has 0 atom stereocenters. The third-order valence-electron chi connectivity index (χ3n) is 8.90. The number of anilines is 4. The number of nitrogen functional groups attached to an aromatic ring is 1. The summed E-state index contributed by atoms with van der Waals surface area (Å²) < 4.78 is 0. The van der Waals surface area contributed by atoms with Crippen LogP contribution >= 0.6 is 0 Å². The molecule has 0 radical (unpaired) electrons. The fraction of sp³-hybridized carbons (Fsp3) is 0.158. The van der Waals surface area contributed by atoms with Gasteiger partial charge in [0.05, 0.1) is 22.6 Å². The van der Waals surface area contributed by atoms with Crippen LogP contribution in [-0.2, 0) is 5.41 Å². The summed E-state index contributed by atoms with van der Waals surface area (Å²) in [5.74, 6) is -0.525. The molecule has 0 unspecified atom stereocenters. The van der Waals surface area contributed by atoms with E-state index in [1.165, 1.54) is 44.9 Å². The third kappa shape index (κ3) is 3.68. The summed E-state index contributed by atoms with van der Waals surface area (Å²) in [7, 11) is 0. The second-order valence-electron chi connectivity index (χ2n) is 12.2. The van der Waals surface area contributed by atoms with E-state index >= 15 is 0 Å². The number of benzene rings is 5. The zero-order valence-corrected chi connectivity index (χ0v) is 24.5. The summed E-state index contributed by atoms with van der Waals surface area (Å²) in [6.07, 6.45) is 1.71. The lowest BCUT2D eigenvalue weighted by molar-refractivity contribution is 0.0990. The van der Waals surface area contributed by atoms with Crippen LogP contribution in [0.1, 0.15) is 67.9 Å². The number of hydrogen-bond donors (Lipinski definition) is 1. The van der Waals surface area contributed by atoms with Gasteiger partial charge in [-0.15, -0.1) is 0 Å². The predicted octanol–water partition coefficient (Wildman–Crippen LogP) is 8.92. The van der Waals surface area contributed by atoms with Crippen molar-refractivity contribution < 1.29 is 9.59 Å². The first-order valence-electron chi connectivity index (χ1n) is 14.3. The Kier molecular flexibility index (Phi) is 5.58. The number of allylic oxidation sites excluding steroid dienone is 1. The highest BCUT2D eigenvalue weighted by Gasteiger charge is 2.39. The number of rotatable bonds is 2. The molecule has 0 saturated carbocycles. The van der Waals surface area contributed by atoms with Crippen molar-refractivity contribution in [1.82, 2.24) is 0 Å². The standard InChI is InChI=1S/C38H32N2O2/c1-21-16-22(2)35(23(3)17-21)40-32-9-7-6-8-31(32)38(4,5)34-27-13-10-24(18-25(27)11-15-33(34)40)19-30-36(41)28-14-12-26(39)20-29(28)37(30)42/h6-20H,39H2,1-5H3/b30-19-. The third-order valence-corrected chi connectivity index (χ3v) is 8.90. The molecule has 4 nitrogen and oxygen atoms in total. The topological polar surface area (TPSA) is 63.4 Å². The van der Waals surface area contributed by atoms with Gasteiger partial charge < -0.3 is 10.6 Å². The van der Waals surface area contributed by atoms with E-state index < -0.39 is 0 Å². The molecule has 7 rings (SSSR count). The fourth-order valence-corrected chi connectivity index (χ4v) is 7.14. The van der Waals surface area contributed by atoms with Gasteiger partial charge in [0.15, 0.2) is 11.6 Å². The SMILES string of the molecule is Cc1cc(C)c(N2c3ccccc3C(C)(C)c3c2ccc2cc(/C=C4/C(=O)c5ccc(N)cc5C4=O)ccc32)c(C)c1. The molecule has 5 aromatic rings. The molecule has 2 N–H and O–H groups in total. The number of Topliss-reactive ketones (excluding diaryl/α,β-unsaturated/α-hetero) is 2. The van der Waals surface area contributed by atoms with Crippen LogP contribution in [0.15, 0.2) is 90.5 Å². The molecule has 0 aromatic heterocycles. The maximum Gasteiger partial charge on any atom is 0.197 e. The Bertz CT molecular complexity index is 2020. The van der Waals surface area contributed by atoms with Gasteiger partial charge in [0.2, 0.25) is 0 Å². The van der Waals surface area contributed by atoms with E-state index in [1.54, 1.807) is 24.3 Å². The van der Waals surface area contributed by atoms with E-state index in [0.717, 1.165) is 16.3 Å². The van der Waals surface area contributed by atoms with Gasteiger partial charge in [-0.25, -0.2) is 0 Å². The quantitative estimate of drug-likeness (QED) is 0.136. The zero-order valence-electron chi connectivity index (χ0n) is 24.5. The van der Waals surface area contributed by atoms with Crippen molar-refractivity contribution in [1.29, 1.82) is 0 Å². The van der Waals surface area contributed by atoms with Crippen LogP contribution in [0.3, 0.4) is 0 Å². The van der Waals surface area contributed by atoms with Crippen molar-refractivity contribution >= 4 is 51.2 Å². The van der Waals surface area contributed by atoms with Crippen molar-refractivity contribution in [2.24, 2.45) is 0 Å². The Morgan fingerprint density at radius 3 is 2.21 bits per heavy atom. The minimum Gasteiger partial charge on any atom is -0.399 e. The van der Waals surface area contributed by atoms with Gasteiger partial charge in [-0.3, -0.25) is 9.59 Å². The summed E-state index contributed by atoms with van der Waals surface area (Å²) >= 11 is 0. The number of para-hydroxylation sites is 1. The molecule has 0 amide bonds. The Morgan fingerprint density at radius 1 is 0.738 bits per heavy atom. The first kappa shape index (κ1) is 26.0. The van der Waals surface area contributed by atoms with Gasteiger partial charge in [0.25, 0.3) is 0 Å². The predicted molar refractivity (Wildman–Crippen MR) is 172 cm³/mol. The molecular formula is C38H32N2O2. The zero-order chi connectivity index (χ0) is 29.5. The molecular weight excluding hydrogens is 516 g/mol. The lowest BCUT2D eigenvalue weighted by Gasteiger charge is -2.43. The Balaban J connectivity index is 1.41. The van der Waals surface area contributed by atoms with Crippen LogP contribution in [0.25, 0.3) is 16.8 Å². The van der Waals surface area contributed by atoms with Gasteiger partial charge in [-0.1, -0.05) is 67.9 Å². The average Bonchev–Trinajstić information content (AvgIpc) is 3.17. The molecule has 4 heteroatoms. The molecule has 0 bridgehead atoms. The minimum atomic E-state index is -0.273. The molecule has 42 heavy (non-hydrogen) atoms. The Labute approximate surface area is 246 Å². The number of nitrogens with two attached hydrogens (primary N) is 1. The highest BCUT2D eigenvalue weighted by molar-refractivity contribution is 6.41. The van der Waals surface area contributed by atoms with Gasteiger partial charge in [-0.05, 0) is 102 Å². The molecule has 1 aliphatic heterocycles. The van der Waals surface area contributed by atoms with Crippen LogP contribution < -0.4 is 10.6 Å². The highest BCUT2D eigenvalue weighted by atomic mass is 16.2. The molecule has 0 fully saturated rings. The first-order chi connectivity index (χ1) is 20.1. The first-order valence-corrected chi connectivity index (χ1v) is 14.3. The van der Waals surface area contributed by atoms with E-state index in [9.17, 15) is 9.59 Å². The number of hydrogen-bond acceptors (Lipinski definition) is 4. The van der Waals surface area contributed by atoms with Crippen LogP contribution in [0.4, 0.5) is 22.7 Å². The largest absolute Gasteiger partial charge is 0.399 e. The lowest BCUT2D eigenvalue weighted by atomic mass is 9.71. The van der Waals surface area contributed by atoms with Crippen LogP contribution in [0, 0.1) is 20.8 Å². The van der Waals surface area contributed by atoms with Crippen molar-refractivity contribution in [2.75, 3.05) is 10.6 Å². The summed E-state index contributed by atoms with van der Waals surface area (Å²) in [5, 5.41) is 2.22. The van der Waals surface area contributed by atoms with E-state index in [-0.39, 0.29) is 22.6 Å². The number of ketones is 2. The molecule has 1 aliphatic carbocycles. The Morgan fingerprint density at radius 2 is 1.45 bits per heavy atom. The summed E-state index contributed by atoms with van der Waals surface area (Å²) in [6.45, 7) is 11.1. The number of carbonyl (C=O) groups excluding carboxylic acids is 2. The number of aryl methyl sites for hydroxylation is 3. The van der Waals surface area contributed by atoms with E-state index in [2.05, 4.69) is 100 Å². The van der Waals surface area contributed by atoms with Gasteiger partial charge in [0, 0.05) is 22.2 Å². The number of fused-ring (bicyclic) bond motifs is 5. The fourth-order valence-electron chi connectivity index (χ4n) is 7.14. The van der Waals surface area contributed by atoms with Gasteiger partial charge in [0.1, 0.15) is 0 Å². The van der Waals surface area contributed by atoms with Crippen molar-refractivity contribution in [3.63, 3.8) is 0 Å². The maximum atomic E-state index is 13.1. The Hall–Kier alpha value is -4.96. The minimum absolute atomic E-state index is 0.179. The molecule has 5 aromatic carbocycles. The monoisotopic (exact) mass is 548 g/mol. The highest BCUT2D eigenvalue weighted by Crippen LogP contribution is 2.55. The second-order valence-corrected chi connectivity index (χ2v) is 12.2. The van der Waals surface area contributed by atoms with E-state index in [0.29, 0.717) is 16.8 Å². The van der Waals surface area contributed by atoms with E-state index in [4.69, 9.17) is 5.73 Å². The maximum absolute atomic E-state index is 13.1. The summed E-state index contributed by atoms with van der Waals surface area (Å²) in [4.78, 5) is 28.6. The normalized spacial score (nSPS) is 16.1. The summed E-state index contributed by atoms with van der Waals surface area (Å²) in [5.41, 5.74) is 17.7. The number of nitrogens with zero attached hydrogens (tertiary/aromatic N) is 1. The van der Waals surface area contributed by atoms with Crippen molar-refractivity contribution in [2.45, 2.75) is 40.0 Å². The molecule has 206 valence electrons. The van der Waals surface area contributed by atoms with Gasteiger partial charge >= 0.3 is 0 Å². The van der Waals surface area contributed by atoms with Crippen molar-refractivity contribution in [3.8, 4) is 0 Å². The molecule has 0 spiro atoms. The molecule has 2 aliphatic rings. The van der Waals surface area contributed by atoms with Crippen molar-refractivity contribution in [3.05, 3.63) is 135 Å². The van der Waals surface area contributed by atoms with Crippen LogP contribution in [0.5, 0.6) is 0 Å². The molecule has 1 heterocycles. The lowest BCUT2D eigenvalue weighted by Crippen LogP contribution is -2.31.